The number of halogens is 1. The van der Waals surface area contributed by atoms with E-state index in [2.05, 4.69) is 52.7 Å². The molecule has 0 atom stereocenters. The average Bonchev–Trinajstić information content (AvgIpc) is 2.53. The van der Waals surface area contributed by atoms with Gasteiger partial charge in [-0.1, -0.05) is 42.5 Å². The fraction of sp³-hybridized carbons (Fsp3) is 0.412. The molecule has 3 nitrogen and oxygen atoms in total. The number of rotatable bonds is 5. The maximum Gasteiger partial charge on any atom is 0.0594 e. The lowest BCUT2D eigenvalue weighted by atomic mass is 10.0. The highest BCUT2D eigenvalue weighted by Gasteiger charge is 2.09. The number of benzene rings is 2. The zero-order chi connectivity index (χ0) is 13.6. The Labute approximate surface area is 132 Å². The van der Waals surface area contributed by atoms with Crippen LogP contribution in [0.1, 0.15) is 5.56 Å². The van der Waals surface area contributed by atoms with Crippen LogP contribution in [0.4, 0.5) is 0 Å². The fourth-order valence-corrected chi connectivity index (χ4v) is 2.73. The maximum absolute atomic E-state index is 5.36. The first-order valence-electron chi connectivity index (χ1n) is 7.41. The molecule has 2 aromatic carbocycles. The summed E-state index contributed by atoms with van der Waals surface area (Å²) in [5.74, 6) is 0. The van der Waals surface area contributed by atoms with Crippen LogP contribution in [-0.4, -0.2) is 44.3 Å². The van der Waals surface area contributed by atoms with E-state index >= 15 is 0 Å². The SMILES string of the molecule is Cl.c1ccc2c(CNCCN3CCOCC3)cccc2c1. The molecule has 0 amide bonds. The third-order valence-corrected chi connectivity index (χ3v) is 3.90. The Hall–Kier alpha value is -1.13. The molecule has 0 aromatic heterocycles. The Morgan fingerprint density at radius 1 is 1.00 bits per heavy atom. The maximum atomic E-state index is 5.36. The third kappa shape index (κ3) is 4.42. The molecule has 1 N–H and O–H groups in total. The summed E-state index contributed by atoms with van der Waals surface area (Å²) in [6.07, 6.45) is 0. The van der Waals surface area contributed by atoms with Gasteiger partial charge in [-0.3, -0.25) is 4.90 Å². The van der Waals surface area contributed by atoms with E-state index in [9.17, 15) is 0 Å². The van der Waals surface area contributed by atoms with Gasteiger partial charge in [0.1, 0.15) is 0 Å². The summed E-state index contributed by atoms with van der Waals surface area (Å²) in [6.45, 7) is 6.96. The highest BCUT2D eigenvalue weighted by atomic mass is 35.5. The van der Waals surface area contributed by atoms with Crippen LogP contribution in [0.2, 0.25) is 0 Å². The number of hydrogen-bond donors (Lipinski definition) is 1. The van der Waals surface area contributed by atoms with Crippen molar-refractivity contribution in [3.05, 3.63) is 48.0 Å². The second-order valence-electron chi connectivity index (χ2n) is 5.27. The molecular weight excluding hydrogens is 284 g/mol. The molecule has 0 radical (unpaired) electrons. The molecule has 0 aliphatic carbocycles. The lowest BCUT2D eigenvalue weighted by Gasteiger charge is -2.26. The summed E-state index contributed by atoms with van der Waals surface area (Å²) in [5, 5.41) is 6.23. The molecule has 4 heteroatoms. The van der Waals surface area contributed by atoms with Crippen LogP contribution in [0.5, 0.6) is 0 Å². The molecule has 1 fully saturated rings. The average molecular weight is 307 g/mol. The molecular formula is C17H23ClN2O. The molecule has 0 spiro atoms. The summed E-state index contributed by atoms with van der Waals surface area (Å²) in [5.41, 5.74) is 1.38. The van der Waals surface area contributed by atoms with Crippen molar-refractivity contribution in [1.82, 2.24) is 10.2 Å². The quantitative estimate of drug-likeness (QED) is 0.860. The minimum Gasteiger partial charge on any atom is -0.379 e. The highest BCUT2D eigenvalue weighted by molar-refractivity contribution is 5.85. The Balaban J connectivity index is 0.00000161. The van der Waals surface area contributed by atoms with Crippen LogP contribution in [0.15, 0.2) is 42.5 Å². The predicted octanol–water partition coefficient (Wildman–Crippen LogP) is 2.68. The topological polar surface area (TPSA) is 24.5 Å². The van der Waals surface area contributed by atoms with E-state index in [-0.39, 0.29) is 12.4 Å². The van der Waals surface area contributed by atoms with Crippen LogP contribution < -0.4 is 5.32 Å². The largest absolute Gasteiger partial charge is 0.379 e. The van der Waals surface area contributed by atoms with E-state index in [0.717, 1.165) is 45.9 Å². The summed E-state index contributed by atoms with van der Waals surface area (Å²) in [7, 11) is 0. The first-order chi connectivity index (χ1) is 9.93. The number of ether oxygens (including phenoxy) is 1. The Kier molecular flexibility index (Phi) is 6.46. The molecule has 21 heavy (non-hydrogen) atoms. The third-order valence-electron chi connectivity index (χ3n) is 3.90. The zero-order valence-corrected chi connectivity index (χ0v) is 13.1. The normalized spacial score (nSPS) is 15.8. The van der Waals surface area contributed by atoms with Crippen LogP contribution >= 0.6 is 12.4 Å². The van der Waals surface area contributed by atoms with E-state index in [1.165, 1.54) is 16.3 Å². The van der Waals surface area contributed by atoms with Crippen molar-refractivity contribution in [1.29, 1.82) is 0 Å². The van der Waals surface area contributed by atoms with Gasteiger partial charge >= 0.3 is 0 Å². The monoisotopic (exact) mass is 306 g/mol. The van der Waals surface area contributed by atoms with Gasteiger partial charge in [-0.2, -0.15) is 0 Å². The van der Waals surface area contributed by atoms with Gasteiger partial charge in [0.25, 0.3) is 0 Å². The molecule has 3 rings (SSSR count). The summed E-state index contributed by atoms with van der Waals surface area (Å²) >= 11 is 0. The lowest BCUT2D eigenvalue weighted by Crippen LogP contribution is -2.40. The summed E-state index contributed by atoms with van der Waals surface area (Å²) in [4.78, 5) is 2.46. The van der Waals surface area contributed by atoms with E-state index in [1.54, 1.807) is 0 Å². The standard InChI is InChI=1S/C17H22N2O.ClH/c1-2-7-17-15(4-1)5-3-6-16(17)14-18-8-9-19-10-12-20-13-11-19;/h1-7,18H,8-14H2;1H. The van der Waals surface area contributed by atoms with Crippen molar-refractivity contribution in [3.63, 3.8) is 0 Å². The van der Waals surface area contributed by atoms with Crippen LogP contribution in [0.25, 0.3) is 10.8 Å². The molecule has 0 saturated carbocycles. The minimum absolute atomic E-state index is 0. The molecule has 1 aliphatic rings. The Morgan fingerprint density at radius 3 is 2.62 bits per heavy atom. The Morgan fingerprint density at radius 2 is 1.76 bits per heavy atom. The zero-order valence-electron chi connectivity index (χ0n) is 12.3. The van der Waals surface area contributed by atoms with Crippen molar-refractivity contribution in [2.75, 3.05) is 39.4 Å². The highest BCUT2D eigenvalue weighted by Crippen LogP contribution is 2.18. The number of morpholine rings is 1. The molecule has 2 aromatic rings. The van der Waals surface area contributed by atoms with Gasteiger partial charge < -0.3 is 10.1 Å². The number of hydrogen-bond acceptors (Lipinski definition) is 3. The molecule has 1 saturated heterocycles. The van der Waals surface area contributed by atoms with Gasteiger partial charge in [0.2, 0.25) is 0 Å². The van der Waals surface area contributed by atoms with Crippen LogP contribution in [0.3, 0.4) is 0 Å². The molecule has 1 heterocycles. The molecule has 114 valence electrons. The molecule has 0 unspecified atom stereocenters. The van der Waals surface area contributed by atoms with E-state index in [0.29, 0.717) is 0 Å². The Bertz CT molecular complexity index is 550. The van der Waals surface area contributed by atoms with E-state index in [4.69, 9.17) is 4.74 Å². The first-order valence-corrected chi connectivity index (χ1v) is 7.41. The van der Waals surface area contributed by atoms with Crippen LogP contribution in [0, 0.1) is 0 Å². The smallest absolute Gasteiger partial charge is 0.0594 e. The van der Waals surface area contributed by atoms with E-state index in [1.807, 2.05) is 0 Å². The van der Waals surface area contributed by atoms with Gasteiger partial charge in [0.05, 0.1) is 13.2 Å². The van der Waals surface area contributed by atoms with Crippen molar-refractivity contribution in [3.8, 4) is 0 Å². The van der Waals surface area contributed by atoms with Gasteiger partial charge in [0.15, 0.2) is 0 Å². The summed E-state index contributed by atoms with van der Waals surface area (Å²) in [6, 6.07) is 15.1. The van der Waals surface area contributed by atoms with Gasteiger partial charge in [-0.15, -0.1) is 12.4 Å². The predicted molar refractivity (Wildman–Crippen MR) is 90.2 cm³/mol. The van der Waals surface area contributed by atoms with Gasteiger partial charge in [-0.25, -0.2) is 0 Å². The van der Waals surface area contributed by atoms with Gasteiger partial charge in [-0.05, 0) is 16.3 Å². The second kappa shape index (κ2) is 8.35. The molecule has 0 bridgehead atoms. The van der Waals surface area contributed by atoms with Crippen molar-refractivity contribution >= 4 is 23.2 Å². The summed E-state index contributed by atoms with van der Waals surface area (Å²) < 4.78 is 5.36. The number of nitrogens with zero attached hydrogens (tertiary/aromatic N) is 1. The van der Waals surface area contributed by atoms with Gasteiger partial charge in [0, 0.05) is 32.7 Å². The van der Waals surface area contributed by atoms with Crippen LogP contribution in [-0.2, 0) is 11.3 Å². The lowest BCUT2D eigenvalue weighted by molar-refractivity contribution is 0.0384. The molecule has 1 aliphatic heterocycles. The van der Waals surface area contributed by atoms with Crippen molar-refractivity contribution in [2.24, 2.45) is 0 Å². The fourth-order valence-electron chi connectivity index (χ4n) is 2.73. The first kappa shape index (κ1) is 16.2. The number of nitrogens with one attached hydrogen (secondary N) is 1. The van der Waals surface area contributed by atoms with E-state index < -0.39 is 0 Å². The van der Waals surface area contributed by atoms with Crippen molar-refractivity contribution in [2.45, 2.75) is 6.54 Å². The van der Waals surface area contributed by atoms with Crippen molar-refractivity contribution < 1.29 is 4.74 Å². The minimum atomic E-state index is 0. The second-order valence-corrected chi connectivity index (χ2v) is 5.27. The number of fused-ring (bicyclic) bond motifs is 1.